The number of carbonyl (C=O) groups excluding carboxylic acids is 1. The van der Waals surface area contributed by atoms with Crippen molar-refractivity contribution in [3.8, 4) is 5.69 Å². The molecular formula is C25H27ClN4O2S. The number of hydrogen-bond donors (Lipinski definition) is 1. The molecule has 3 aromatic rings. The minimum atomic E-state index is -0.240. The molecule has 2 heterocycles. The van der Waals surface area contributed by atoms with Crippen molar-refractivity contribution in [3.63, 3.8) is 0 Å². The van der Waals surface area contributed by atoms with Gasteiger partial charge in [-0.1, -0.05) is 36.9 Å². The van der Waals surface area contributed by atoms with Crippen LogP contribution in [0.15, 0.2) is 47.3 Å². The number of aromatic amines is 1. The number of nitrogens with one attached hydrogen (secondary N) is 1. The van der Waals surface area contributed by atoms with Gasteiger partial charge in [0.15, 0.2) is 4.77 Å². The zero-order valence-corrected chi connectivity index (χ0v) is 20.0. The van der Waals surface area contributed by atoms with E-state index < -0.39 is 0 Å². The molecule has 1 amide bonds. The van der Waals surface area contributed by atoms with Gasteiger partial charge in [-0.2, -0.15) is 0 Å². The molecule has 2 aliphatic rings. The maximum absolute atomic E-state index is 13.3. The number of carbonyl (C=O) groups is 1. The van der Waals surface area contributed by atoms with Gasteiger partial charge in [-0.3, -0.25) is 19.1 Å². The van der Waals surface area contributed by atoms with Crippen LogP contribution in [0.4, 0.5) is 0 Å². The van der Waals surface area contributed by atoms with E-state index in [9.17, 15) is 9.59 Å². The molecule has 2 fully saturated rings. The van der Waals surface area contributed by atoms with Crippen LogP contribution in [-0.4, -0.2) is 57.5 Å². The van der Waals surface area contributed by atoms with Crippen molar-refractivity contribution in [1.29, 1.82) is 0 Å². The predicted octanol–water partition coefficient (Wildman–Crippen LogP) is 4.79. The molecule has 1 aliphatic carbocycles. The molecule has 8 heteroatoms. The Morgan fingerprint density at radius 2 is 1.76 bits per heavy atom. The van der Waals surface area contributed by atoms with Gasteiger partial charge in [0.25, 0.3) is 11.5 Å². The second-order valence-electron chi connectivity index (χ2n) is 8.93. The van der Waals surface area contributed by atoms with Crippen molar-refractivity contribution in [2.24, 2.45) is 0 Å². The second-order valence-corrected chi connectivity index (χ2v) is 9.75. The van der Waals surface area contributed by atoms with E-state index in [1.165, 1.54) is 36.7 Å². The summed E-state index contributed by atoms with van der Waals surface area (Å²) < 4.78 is 1.70. The summed E-state index contributed by atoms with van der Waals surface area (Å²) in [4.78, 5) is 34.0. The number of nitrogens with zero attached hydrogens (tertiary/aromatic N) is 3. The second kappa shape index (κ2) is 9.41. The molecule has 172 valence electrons. The van der Waals surface area contributed by atoms with Crippen LogP contribution in [0.1, 0.15) is 42.5 Å². The number of piperazine rings is 1. The van der Waals surface area contributed by atoms with Crippen LogP contribution in [-0.2, 0) is 0 Å². The standard InChI is InChI=1S/C25H27ClN4O2S/c26-18-9-10-21-22(16-18)27-25(33)30(24(21)32)20-8-4-5-17(15-20)23(31)29-13-11-28(12-14-29)19-6-2-1-3-7-19/h4-5,8-10,15-16,19H,1-3,6-7,11-14H2,(H,27,33). The topological polar surface area (TPSA) is 61.3 Å². The summed E-state index contributed by atoms with van der Waals surface area (Å²) in [5.41, 5.74) is 1.49. The van der Waals surface area contributed by atoms with Gasteiger partial charge >= 0.3 is 0 Å². The van der Waals surface area contributed by atoms with Gasteiger partial charge in [-0.15, -0.1) is 0 Å². The molecule has 0 radical (unpaired) electrons. The summed E-state index contributed by atoms with van der Waals surface area (Å²) in [6, 6.07) is 12.9. The third-order valence-corrected chi connectivity index (χ3v) is 7.42. The van der Waals surface area contributed by atoms with Crippen LogP contribution in [0.25, 0.3) is 16.6 Å². The summed E-state index contributed by atoms with van der Waals surface area (Å²) in [5.74, 6) is -0.00402. The molecule has 1 aromatic heterocycles. The van der Waals surface area contributed by atoms with Crippen LogP contribution < -0.4 is 5.56 Å². The Morgan fingerprint density at radius 1 is 1.00 bits per heavy atom. The molecule has 0 atom stereocenters. The van der Waals surface area contributed by atoms with Crippen molar-refractivity contribution in [3.05, 3.63) is 68.2 Å². The van der Waals surface area contributed by atoms with Gasteiger partial charge < -0.3 is 9.88 Å². The highest BCUT2D eigenvalue weighted by atomic mass is 35.5. The summed E-state index contributed by atoms with van der Waals surface area (Å²) >= 11 is 11.5. The molecule has 0 bridgehead atoms. The monoisotopic (exact) mass is 482 g/mol. The number of benzene rings is 2. The number of halogens is 1. The van der Waals surface area contributed by atoms with Gasteiger partial charge in [0.1, 0.15) is 0 Å². The average molecular weight is 483 g/mol. The molecule has 2 aromatic carbocycles. The molecule has 1 saturated carbocycles. The molecule has 1 N–H and O–H groups in total. The lowest BCUT2D eigenvalue weighted by atomic mass is 9.94. The fourth-order valence-corrected chi connectivity index (χ4v) is 5.59. The van der Waals surface area contributed by atoms with E-state index >= 15 is 0 Å². The van der Waals surface area contributed by atoms with Crippen LogP contribution >= 0.6 is 23.8 Å². The van der Waals surface area contributed by atoms with Crippen LogP contribution in [0, 0.1) is 4.77 Å². The number of amides is 1. The third-order valence-electron chi connectivity index (χ3n) is 6.90. The predicted molar refractivity (Wildman–Crippen MR) is 134 cm³/mol. The Morgan fingerprint density at radius 3 is 2.52 bits per heavy atom. The molecule has 1 aliphatic heterocycles. The van der Waals surface area contributed by atoms with E-state index in [-0.39, 0.29) is 16.2 Å². The summed E-state index contributed by atoms with van der Waals surface area (Å²) in [7, 11) is 0. The number of rotatable bonds is 3. The highest BCUT2D eigenvalue weighted by Gasteiger charge is 2.27. The molecular weight excluding hydrogens is 456 g/mol. The smallest absolute Gasteiger partial charge is 0.266 e. The molecule has 6 nitrogen and oxygen atoms in total. The van der Waals surface area contributed by atoms with E-state index in [2.05, 4.69) is 9.88 Å². The first-order valence-corrected chi connectivity index (χ1v) is 12.4. The first-order valence-electron chi connectivity index (χ1n) is 11.6. The number of hydrogen-bond acceptors (Lipinski definition) is 4. The van der Waals surface area contributed by atoms with E-state index in [0.717, 1.165) is 26.2 Å². The highest BCUT2D eigenvalue weighted by molar-refractivity contribution is 7.71. The zero-order valence-electron chi connectivity index (χ0n) is 18.4. The molecule has 5 rings (SSSR count). The maximum atomic E-state index is 13.3. The molecule has 0 spiro atoms. The van der Waals surface area contributed by atoms with Crippen LogP contribution in [0.2, 0.25) is 5.02 Å². The summed E-state index contributed by atoms with van der Waals surface area (Å²) in [6.45, 7) is 3.31. The largest absolute Gasteiger partial charge is 0.336 e. The minimum Gasteiger partial charge on any atom is -0.336 e. The SMILES string of the molecule is O=C(c1cccc(-n2c(=S)[nH]c3cc(Cl)ccc3c2=O)c1)N1CCN(C2CCCCC2)CC1. The normalized spacial score (nSPS) is 18.0. The Labute approximate surface area is 202 Å². The number of fused-ring (bicyclic) bond motifs is 1. The summed E-state index contributed by atoms with van der Waals surface area (Å²) in [6.07, 6.45) is 6.55. The average Bonchev–Trinajstić information content (AvgIpc) is 2.84. The van der Waals surface area contributed by atoms with Gasteiger partial charge in [0, 0.05) is 42.8 Å². The van der Waals surface area contributed by atoms with E-state index in [1.807, 2.05) is 4.90 Å². The fourth-order valence-electron chi connectivity index (χ4n) is 5.12. The Hall–Kier alpha value is -2.48. The minimum absolute atomic E-state index is 0.00402. The van der Waals surface area contributed by atoms with E-state index in [1.54, 1.807) is 42.5 Å². The fraction of sp³-hybridized carbons (Fsp3) is 0.400. The van der Waals surface area contributed by atoms with Gasteiger partial charge in [0.05, 0.1) is 16.6 Å². The van der Waals surface area contributed by atoms with Crippen molar-refractivity contribution in [2.75, 3.05) is 26.2 Å². The van der Waals surface area contributed by atoms with Crippen molar-refractivity contribution >= 4 is 40.6 Å². The first kappa shape index (κ1) is 22.3. The van der Waals surface area contributed by atoms with Crippen LogP contribution in [0.5, 0.6) is 0 Å². The lowest BCUT2D eigenvalue weighted by molar-refractivity contribution is 0.0523. The van der Waals surface area contributed by atoms with Crippen LogP contribution in [0.3, 0.4) is 0 Å². The van der Waals surface area contributed by atoms with Crippen molar-refractivity contribution < 1.29 is 4.79 Å². The third kappa shape index (κ3) is 4.50. The number of aromatic nitrogens is 2. The molecule has 33 heavy (non-hydrogen) atoms. The highest BCUT2D eigenvalue weighted by Crippen LogP contribution is 2.24. The molecule has 1 saturated heterocycles. The van der Waals surface area contributed by atoms with Gasteiger partial charge in [-0.25, -0.2) is 0 Å². The Bertz CT molecular complexity index is 1300. The Kier molecular flexibility index (Phi) is 6.36. The lowest BCUT2D eigenvalue weighted by Gasteiger charge is -2.40. The zero-order chi connectivity index (χ0) is 22.9. The molecule has 0 unspecified atom stereocenters. The summed E-state index contributed by atoms with van der Waals surface area (Å²) in [5, 5.41) is 1.02. The van der Waals surface area contributed by atoms with Gasteiger partial charge in [-0.05, 0) is 61.5 Å². The van der Waals surface area contributed by atoms with Crippen molar-refractivity contribution in [2.45, 2.75) is 38.1 Å². The van der Waals surface area contributed by atoms with E-state index in [4.69, 9.17) is 23.8 Å². The quantitative estimate of drug-likeness (QED) is 0.545. The Balaban J connectivity index is 1.38. The first-order chi connectivity index (χ1) is 16.0. The van der Waals surface area contributed by atoms with Gasteiger partial charge in [0.2, 0.25) is 0 Å². The van der Waals surface area contributed by atoms with E-state index in [0.29, 0.717) is 33.2 Å². The van der Waals surface area contributed by atoms with Crippen molar-refractivity contribution in [1.82, 2.24) is 19.4 Å². The number of H-pyrrole nitrogens is 1. The maximum Gasteiger partial charge on any atom is 0.266 e. The lowest BCUT2D eigenvalue weighted by Crippen LogP contribution is -2.52.